The molecule has 0 fully saturated rings. The molecule has 5 aromatic rings. The van der Waals surface area contributed by atoms with Crippen LogP contribution in [0.4, 0.5) is 0 Å². The maximum absolute atomic E-state index is 12.7. The Balaban J connectivity index is 1.31. The fourth-order valence-electron chi connectivity index (χ4n) is 4.45. The first kappa shape index (κ1) is 27.1. The molecule has 0 unspecified atom stereocenters. The van der Waals surface area contributed by atoms with Crippen molar-refractivity contribution in [3.05, 3.63) is 78.5 Å². The van der Waals surface area contributed by atoms with Crippen LogP contribution in [0.1, 0.15) is 12.5 Å². The zero-order valence-electron chi connectivity index (χ0n) is 22.6. The molecule has 206 valence electrons. The van der Waals surface area contributed by atoms with Gasteiger partial charge in [-0.2, -0.15) is 0 Å². The highest BCUT2D eigenvalue weighted by Gasteiger charge is 2.20. The summed E-state index contributed by atoms with van der Waals surface area (Å²) in [6.07, 6.45) is 2.61. The highest BCUT2D eigenvalue weighted by Crippen LogP contribution is 2.33. The molecule has 0 bridgehead atoms. The number of aromatic nitrogens is 4. The Morgan fingerprint density at radius 2 is 1.80 bits per heavy atom. The molecule has 5 rings (SSSR count). The molecule has 0 spiro atoms. The number of ether oxygens (including phenoxy) is 3. The van der Waals surface area contributed by atoms with Gasteiger partial charge in [-0.05, 0) is 61.4 Å². The number of thioether (sulfide) groups is 1. The first-order valence-electron chi connectivity index (χ1n) is 13.0. The summed E-state index contributed by atoms with van der Waals surface area (Å²) in [4.78, 5) is 16.1. The standard InChI is InChI=1S/C30H31N5O4S/c1-4-39-22-12-10-21(11-13-22)35-29(24-18-32-25-8-6-5-7-23(24)25)33-34-30(35)40-19-28(36)31-16-15-20-9-14-26(37-2)27(17-20)38-3/h5-14,17-18,32H,4,15-16,19H2,1-3H3,(H,31,36). The summed E-state index contributed by atoms with van der Waals surface area (Å²) in [7, 11) is 3.21. The minimum atomic E-state index is -0.0830. The summed E-state index contributed by atoms with van der Waals surface area (Å²) in [6.45, 7) is 3.05. The van der Waals surface area contributed by atoms with Gasteiger partial charge in [0.15, 0.2) is 22.5 Å². The molecule has 2 N–H and O–H groups in total. The van der Waals surface area contributed by atoms with Crippen LogP contribution in [0.15, 0.2) is 78.1 Å². The summed E-state index contributed by atoms with van der Waals surface area (Å²) in [6, 6.07) is 21.6. The largest absolute Gasteiger partial charge is 0.494 e. The number of nitrogens with zero attached hydrogens (tertiary/aromatic N) is 3. The van der Waals surface area contributed by atoms with Gasteiger partial charge in [-0.15, -0.1) is 10.2 Å². The Hall–Kier alpha value is -4.44. The lowest BCUT2D eigenvalue weighted by atomic mass is 10.1. The van der Waals surface area contributed by atoms with E-state index in [-0.39, 0.29) is 11.7 Å². The molecule has 10 heteroatoms. The van der Waals surface area contributed by atoms with Crippen molar-refractivity contribution in [2.24, 2.45) is 0 Å². The van der Waals surface area contributed by atoms with E-state index in [0.717, 1.165) is 33.5 Å². The second-order valence-corrected chi connectivity index (χ2v) is 9.84. The Bertz CT molecular complexity index is 1600. The van der Waals surface area contributed by atoms with Crippen molar-refractivity contribution < 1.29 is 19.0 Å². The van der Waals surface area contributed by atoms with Crippen LogP contribution >= 0.6 is 11.8 Å². The van der Waals surface area contributed by atoms with E-state index in [2.05, 4.69) is 26.6 Å². The number of carbonyl (C=O) groups excluding carboxylic acids is 1. The quantitative estimate of drug-likeness (QED) is 0.201. The van der Waals surface area contributed by atoms with Gasteiger partial charge in [-0.3, -0.25) is 9.36 Å². The second kappa shape index (κ2) is 12.6. The molecule has 0 aliphatic carbocycles. The number of nitrogens with one attached hydrogen (secondary N) is 2. The fraction of sp³-hybridized carbons (Fsp3) is 0.233. The van der Waals surface area contributed by atoms with Gasteiger partial charge in [0.1, 0.15) is 5.75 Å². The van der Waals surface area contributed by atoms with Gasteiger partial charge in [0.05, 0.1) is 26.6 Å². The molecule has 0 aliphatic rings. The van der Waals surface area contributed by atoms with Crippen LogP contribution in [0, 0.1) is 0 Å². The van der Waals surface area contributed by atoms with Crippen LogP contribution in [-0.4, -0.2) is 58.8 Å². The lowest BCUT2D eigenvalue weighted by Crippen LogP contribution is -2.27. The molecule has 0 radical (unpaired) electrons. The highest BCUT2D eigenvalue weighted by atomic mass is 32.2. The summed E-state index contributed by atoms with van der Waals surface area (Å²) in [5.74, 6) is 2.95. The van der Waals surface area contributed by atoms with E-state index < -0.39 is 0 Å². The van der Waals surface area contributed by atoms with E-state index in [0.29, 0.717) is 42.1 Å². The number of H-pyrrole nitrogens is 1. The highest BCUT2D eigenvalue weighted by molar-refractivity contribution is 7.99. The van der Waals surface area contributed by atoms with Gasteiger partial charge in [-0.1, -0.05) is 36.0 Å². The van der Waals surface area contributed by atoms with Crippen molar-refractivity contribution in [2.45, 2.75) is 18.5 Å². The van der Waals surface area contributed by atoms with Gasteiger partial charge in [0.25, 0.3) is 0 Å². The van der Waals surface area contributed by atoms with Crippen LogP contribution in [-0.2, 0) is 11.2 Å². The summed E-state index contributed by atoms with van der Waals surface area (Å²) >= 11 is 1.34. The van der Waals surface area contributed by atoms with E-state index >= 15 is 0 Å². The van der Waals surface area contributed by atoms with Crippen LogP contribution in [0.25, 0.3) is 28.0 Å². The third-order valence-electron chi connectivity index (χ3n) is 6.39. The van der Waals surface area contributed by atoms with Crippen molar-refractivity contribution in [3.63, 3.8) is 0 Å². The SMILES string of the molecule is CCOc1ccc(-n2c(SCC(=O)NCCc3ccc(OC)c(OC)c3)nnc2-c2c[nH]c3ccccc23)cc1. The zero-order chi connectivity index (χ0) is 27.9. The van der Waals surface area contributed by atoms with E-state index in [4.69, 9.17) is 14.2 Å². The fourth-order valence-corrected chi connectivity index (χ4v) is 5.23. The van der Waals surface area contributed by atoms with Gasteiger partial charge in [0.2, 0.25) is 5.91 Å². The predicted octanol–water partition coefficient (Wildman–Crippen LogP) is 5.28. The van der Waals surface area contributed by atoms with Gasteiger partial charge in [-0.25, -0.2) is 0 Å². The van der Waals surface area contributed by atoms with E-state index in [1.165, 1.54) is 11.8 Å². The average Bonchev–Trinajstić information content (AvgIpc) is 3.60. The number of hydrogen-bond acceptors (Lipinski definition) is 7. The summed E-state index contributed by atoms with van der Waals surface area (Å²) < 4.78 is 18.3. The lowest BCUT2D eigenvalue weighted by molar-refractivity contribution is -0.118. The first-order chi connectivity index (χ1) is 19.6. The number of amides is 1. The van der Waals surface area contributed by atoms with Crippen LogP contribution < -0.4 is 19.5 Å². The van der Waals surface area contributed by atoms with Crippen molar-refractivity contribution in [1.29, 1.82) is 0 Å². The predicted molar refractivity (Wildman–Crippen MR) is 157 cm³/mol. The molecule has 0 atom stereocenters. The van der Waals surface area contributed by atoms with Gasteiger partial charge in [0, 0.05) is 34.9 Å². The van der Waals surface area contributed by atoms with Gasteiger partial charge < -0.3 is 24.5 Å². The average molecular weight is 558 g/mol. The Kier molecular flexibility index (Phi) is 8.56. The molecule has 1 amide bonds. The second-order valence-electron chi connectivity index (χ2n) is 8.89. The number of rotatable bonds is 12. The molecule has 0 aliphatic heterocycles. The number of benzene rings is 3. The van der Waals surface area contributed by atoms with Crippen LogP contribution in [0.5, 0.6) is 17.2 Å². The van der Waals surface area contributed by atoms with Crippen LogP contribution in [0.3, 0.4) is 0 Å². The van der Waals surface area contributed by atoms with Crippen LogP contribution in [0.2, 0.25) is 0 Å². The normalized spacial score (nSPS) is 11.0. The van der Waals surface area contributed by atoms with E-state index in [1.54, 1.807) is 14.2 Å². The Morgan fingerprint density at radius 3 is 2.58 bits per heavy atom. The van der Waals surface area contributed by atoms with Crippen molar-refractivity contribution in [3.8, 4) is 34.3 Å². The number of methoxy groups -OCH3 is 2. The lowest BCUT2D eigenvalue weighted by Gasteiger charge is -2.12. The smallest absolute Gasteiger partial charge is 0.230 e. The molecule has 2 aromatic heterocycles. The maximum Gasteiger partial charge on any atom is 0.230 e. The number of hydrogen-bond donors (Lipinski definition) is 2. The van der Waals surface area contributed by atoms with Crippen molar-refractivity contribution in [2.75, 3.05) is 33.1 Å². The topological polar surface area (TPSA) is 103 Å². The van der Waals surface area contributed by atoms with Crippen molar-refractivity contribution in [1.82, 2.24) is 25.1 Å². The molecule has 0 saturated heterocycles. The molecular formula is C30H31N5O4S. The van der Waals surface area contributed by atoms with Crippen molar-refractivity contribution >= 4 is 28.6 Å². The third-order valence-corrected chi connectivity index (χ3v) is 7.31. The minimum Gasteiger partial charge on any atom is -0.494 e. The summed E-state index contributed by atoms with van der Waals surface area (Å²) in [5.41, 5.74) is 3.87. The number of carbonyl (C=O) groups is 1. The number of para-hydroxylation sites is 1. The zero-order valence-corrected chi connectivity index (χ0v) is 23.5. The van der Waals surface area contributed by atoms with E-state index in [1.807, 2.05) is 78.4 Å². The monoisotopic (exact) mass is 557 g/mol. The van der Waals surface area contributed by atoms with Gasteiger partial charge >= 0.3 is 0 Å². The molecule has 0 saturated carbocycles. The molecule has 9 nitrogen and oxygen atoms in total. The first-order valence-corrected chi connectivity index (χ1v) is 13.9. The number of fused-ring (bicyclic) bond motifs is 1. The third kappa shape index (κ3) is 5.91. The molecular weight excluding hydrogens is 526 g/mol. The maximum atomic E-state index is 12.7. The molecule has 2 heterocycles. The Morgan fingerprint density at radius 1 is 1.00 bits per heavy atom. The summed E-state index contributed by atoms with van der Waals surface area (Å²) in [5, 5.41) is 13.7. The molecule has 3 aromatic carbocycles. The minimum absolute atomic E-state index is 0.0830. The molecule has 40 heavy (non-hydrogen) atoms. The Labute approximate surface area is 236 Å². The number of aromatic amines is 1. The van der Waals surface area contributed by atoms with E-state index in [9.17, 15) is 4.79 Å².